The predicted molar refractivity (Wildman–Crippen MR) is 77.9 cm³/mol. The van der Waals surface area contributed by atoms with E-state index in [0.29, 0.717) is 16.5 Å². The first kappa shape index (κ1) is 13.8. The number of rotatable bonds is 5. The third-order valence-electron chi connectivity index (χ3n) is 2.72. The molecule has 3 nitrogen and oxygen atoms in total. The lowest BCUT2D eigenvalue weighted by molar-refractivity contribution is 0.471. The maximum atomic E-state index is 6.22. The molecule has 2 rings (SSSR count). The number of aryl methyl sites for hydroxylation is 1. The van der Waals surface area contributed by atoms with Crippen LogP contribution in [0.3, 0.4) is 0 Å². The number of benzene rings is 1. The van der Waals surface area contributed by atoms with Gasteiger partial charge in [0.25, 0.3) is 0 Å². The van der Waals surface area contributed by atoms with Gasteiger partial charge in [0.1, 0.15) is 5.75 Å². The molecule has 0 bridgehead atoms. The fourth-order valence-corrected chi connectivity index (χ4v) is 1.93. The Morgan fingerprint density at radius 2 is 2.11 bits per heavy atom. The molecule has 4 heteroatoms. The van der Waals surface area contributed by atoms with E-state index >= 15 is 0 Å². The first-order valence-electron chi connectivity index (χ1n) is 6.29. The quantitative estimate of drug-likeness (QED) is 0.898. The van der Waals surface area contributed by atoms with Crippen molar-refractivity contribution in [1.29, 1.82) is 0 Å². The second-order valence-electron chi connectivity index (χ2n) is 4.25. The molecule has 0 spiro atoms. The highest BCUT2D eigenvalue weighted by Gasteiger charge is 2.09. The fourth-order valence-electron chi connectivity index (χ4n) is 1.70. The van der Waals surface area contributed by atoms with Crippen molar-refractivity contribution >= 4 is 11.6 Å². The molecule has 1 heterocycles. The van der Waals surface area contributed by atoms with E-state index in [1.165, 1.54) is 0 Å². The molecular weight excluding hydrogens is 260 g/mol. The second-order valence-corrected chi connectivity index (χ2v) is 4.65. The minimum Gasteiger partial charge on any atom is -0.454 e. The van der Waals surface area contributed by atoms with E-state index in [-0.39, 0.29) is 0 Å². The number of hydrogen-bond acceptors (Lipinski definition) is 3. The molecule has 0 saturated carbocycles. The van der Waals surface area contributed by atoms with Gasteiger partial charge in [-0.15, -0.1) is 0 Å². The smallest absolute Gasteiger partial charge is 0.150 e. The summed E-state index contributed by atoms with van der Waals surface area (Å²) in [4.78, 5) is 4.21. The van der Waals surface area contributed by atoms with Gasteiger partial charge in [0.2, 0.25) is 0 Å². The summed E-state index contributed by atoms with van der Waals surface area (Å²) in [6.07, 6.45) is 1.70. The Labute approximate surface area is 118 Å². The molecule has 0 unspecified atom stereocenters. The van der Waals surface area contributed by atoms with Crippen molar-refractivity contribution in [1.82, 2.24) is 10.3 Å². The maximum Gasteiger partial charge on any atom is 0.150 e. The zero-order chi connectivity index (χ0) is 13.7. The number of halogens is 1. The topological polar surface area (TPSA) is 34.1 Å². The van der Waals surface area contributed by atoms with Crippen LogP contribution in [-0.4, -0.2) is 11.5 Å². The zero-order valence-electron chi connectivity index (χ0n) is 11.1. The van der Waals surface area contributed by atoms with Crippen LogP contribution in [0.25, 0.3) is 0 Å². The van der Waals surface area contributed by atoms with E-state index in [1.807, 2.05) is 37.3 Å². The molecule has 1 N–H and O–H groups in total. The van der Waals surface area contributed by atoms with Gasteiger partial charge in [-0.1, -0.05) is 30.7 Å². The average Bonchev–Trinajstić information content (AvgIpc) is 2.42. The number of hydrogen-bond donors (Lipinski definition) is 1. The molecule has 0 fully saturated rings. The number of aromatic nitrogens is 1. The van der Waals surface area contributed by atoms with Gasteiger partial charge in [-0.25, -0.2) is 0 Å². The normalized spacial score (nSPS) is 10.5. The van der Waals surface area contributed by atoms with Crippen LogP contribution >= 0.6 is 11.6 Å². The maximum absolute atomic E-state index is 6.22. The third kappa shape index (κ3) is 3.69. The van der Waals surface area contributed by atoms with Crippen molar-refractivity contribution in [3.05, 3.63) is 52.8 Å². The van der Waals surface area contributed by atoms with Crippen LogP contribution in [0, 0.1) is 6.92 Å². The number of ether oxygens (including phenoxy) is 1. The number of pyridine rings is 1. The Balaban J connectivity index is 2.25. The van der Waals surface area contributed by atoms with Gasteiger partial charge in [0.05, 0.1) is 11.2 Å². The summed E-state index contributed by atoms with van der Waals surface area (Å²) in [5.41, 5.74) is 1.99. The first-order valence-corrected chi connectivity index (χ1v) is 6.67. The van der Waals surface area contributed by atoms with E-state index in [9.17, 15) is 0 Å². The van der Waals surface area contributed by atoms with Crippen LogP contribution < -0.4 is 10.1 Å². The molecule has 0 atom stereocenters. The zero-order valence-corrected chi connectivity index (χ0v) is 11.9. The van der Waals surface area contributed by atoms with Gasteiger partial charge in [-0.2, -0.15) is 0 Å². The van der Waals surface area contributed by atoms with Gasteiger partial charge < -0.3 is 10.1 Å². The van der Waals surface area contributed by atoms with Crippen molar-refractivity contribution in [2.24, 2.45) is 0 Å². The average molecular weight is 277 g/mol. The van der Waals surface area contributed by atoms with Crippen LogP contribution in [0.2, 0.25) is 5.02 Å². The Morgan fingerprint density at radius 1 is 1.26 bits per heavy atom. The Kier molecular flexibility index (Phi) is 4.77. The van der Waals surface area contributed by atoms with Crippen molar-refractivity contribution in [3.8, 4) is 11.5 Å². The minimum atomic E-state index is 0.607. The van der Waals surface area contributed by atoms with Gasteiger partial charge in [-0.3, -0.25) is 4.98 Å². The van der Waals surface area contributed by atoms with Crippen molar-refractivity contribution in [2.45, 2.75) is 20.4 Å². The Bertz CT molecular complexity index is 540. The molecule has 0 aliphatic carbocycles. The highest BCUT2D eigenvalue weighted by atomic mass is 35.5. The second kappa shape index (κ2) is 6.55. The summed E-state index contributed by atoms with van der Waals surface area (Å²) in [6, 6.07) is 9.56. The van der Waals surface area contributed by atoms with Crippen molar-refractivity contribution in [3.63, 3.8) is 0 Å². The van der Waals surface area contributed by atoms with Crippen molar-refractivity contribution < 1.29 is 4.74 Å². The monoisotopic (exact) mass is 276 g/mol. The molecule has 19 heavy (non-hydrogen) atoms. The number of nitrogens with zero attached hydrogens (tertiary/aromatic N) is 1. The predicted octanol–water partition coefficient (Wildman–Crippen LogP) is 3.95. The highest BCUT2D eigenvalue weighted by molar-refractivity contribution is 6.32. The summed E-state index contributed by atoms with van der Waals surface area (Å²) in [7, 11) is 0. The molecule has 0 amide bonds. The van der Waals surface area contributed by atoms with Crippen LogP contribution in [0.5, 0.6) is 11.5 Å². The van der Waals surface area contributed by atoms with E-state index in [2.05, 4.69) is 17.2 Å². The number of para-hydroxylation sites is 1. The largest absolute Gasteiger partial charge is 0.454 e. The van der Waals surface area contributed by atoms with E-state index in [0.717, 1.165) is 24.3 Å². The highest BCUT2D eigenvalue weighted by Crippen LogP contribution is 2.32. The molecule has 100 valence electrons. The van der Waals surface area contributed by atoms with Crippen LogP contribution in [-0.2, 0) is 6.54 Å². The SMILES string of the molecule is CCNCc1cccc(Cl)c1Oc1ccc(C)nc1. The van der Waals surface area contributed by atoms with Crippen molar-refractivity contribution in [2.75, 3.05) is 6.54 Å². The molecule has 0 radical (unpaired) electrons. The number of nitrogens with one attached hydrogen (secondary N) is 1. The van der Waals surface area contributed by atoms with Crippen LogP contribution in [0.4, 0.5) is 0 Å². The first-order chi connectivity index (χ1) is 9.20. The summed E-state index contributed by atoms with van der Waals surface area (Å²) in [5, 5.41) is 3.88. The third-order valence-corrected chi connectivity index (χ3v) is 3.02. The standard InChI is InChI=1S/C15H17ClN2O/c1-3-17-9-12-5-4-6-14(16)15(12)19-13-8-7-11(2)18-10-13/h4-8,10,17H,3,9H2,1-2H3. The van der Waals surface area contributed by atoms with Gasteiger partial charge in [-0.05, 0) is 31.7 Å². The summed E-state index contributed by atoms with van der Waals surface area (Å²) >= 11 is 6.22. The fraction of sp³-hybridized carbons (Fsp3) is 0.267. The lowest BCUT2D eigenvalue weighted by Gasteiger charge is -2.13. The molecule has 2 aromatic rings. The Hall–Kier alpha value is -1.58. The van der Waals surface area contributed by atoms with Gasteiger partial charge in [0.15, 0.2) is 5.75 Å². The van der Waals surface area contributed by atoms with E-state index in [1.54, 1.807) is 6.20 Å². The van der Waals surface area contributed by atoms with Crippen LogP contribution in [0.15, 0.2) is 36.5 Å². The molecule has 0 saturated heterocycles. The van der Waals surface area contributed by atoms with E-state index < -0.39 is 0 Å². The molecule has 0 aliphatic heterocycles. The Morgan fingerprint density at radius 3 is 2.79 bits per heavy atom. The summed E-state index contributed by atoms with van der Waals surface area (Å²) in [5.74, 6) is 1.38. The molecule has 1 aromatic heterocycles. The minimum absolute atomic E-state index is 0.607. The molecular formula is C15H17ClN2O. The summed E-state index contributed by atoms with van der Waals surface area (Å²) < 4.78 is 5.86. The lowest BCUT2D eigenvalue weighted by atomic mass is 10.2. The molecule has 0 aliphatic rings. The van der Waals surface area contributed by atoms with Gasteiger partial charge >= 0.3 is 0 Å². The van der Waals surface area contributed by atoms with Gasteiger partial charge in [0, 0.05) is 17.8 Å². The lowest BCUT2D eigenvalue weighted by Crippen LogP contribution is -2.12. The van der Waals surface area contributed by atoms with Crippen LogP contribution in [0.1, 0.15) is 18.2 Å². The van der Waals surface area contributed by atoms with E-state index in [4.69, 9.17) is 16.3 Å². The molecule has 1 aromatic carbocycles. The summed E-state index contributed by atoms with van der Waals surface area (Å²) in [6.45, 7) is 5.63.